The summed E-state index contributed by atoms with van der Waals surface area (Å²) in [4.78, 5) is 11.8. The summed E-state index contributed by atoms with van der Waals surface area (Å²) in [6.45, 7) is 1.57. The predicted octanol–water partition coefficient (Wildman–Crippen LogP) is 2.02. The minimum absolute atomic E-state index is 0. The number of alkyl halides is 3. The molecule has 0 aromatic rings. The molecule has 0 radical (unpaired) electrons. The van der Waals surface area contributed by atoms with Crippen molar-refractivity contribution in [1.29, 1.82) is 0 Å². The van der Waals surface area contributed by atoms with E-state index in [1.807, 2.05) is 0 Å². The van der Waals surface area contributed by atoms with E-state index in [0.717, 1.165) is 12.8 Å². The molecule has 1 saturated heterocycles. The van der Waals surface area contributed by atoms with E-state index >= 15 is 0 Å². The number of amides is 1. The predicted molar refractivity (Wildman–Crippen MR) is 74.4 cm³/mol. The SMILES string of the molecule is Cl.O=C(CC1COCCN1)NC(C1CCCC1)C(F)(F)F. The molecule has 0 aromatic carbocycles. The maximum absolute atomic E-state index is 13.1. The molecule has 8 heteroatoms. The lowest BCUT2D eigenvalue weighted by Gasteiger charge is -2.28. The summed E-state index contributed by atoms with van der Waals surface area (Å²) in [7, 11) is 0. The van der Waals surface area contributed by atoms with Gasteiger partial charge in [-0.2, -0.15) is 13.2 Å². The standard InChI is InChI=1S/C13H21F3N2O2.ClH/c14-13(15,16)12(9-3-1-2-4-9)18-11(19)7-10-8-20-6-5-17-10;/h9-10,12,17H,1-8H2,(H,18,19);1H. The van der Waals surface area contributed by atoms with E-state index in [2.05, 4.69) is 10.6 Å². The Balaban J connectivity index is 0.00000220. The maximum Gasteiger partial charge on any atom is 0.408 e. The number of carbonyl (C=O) groups is 1. The molecule has 4 nitrogen and oxygen atoms in total. The van der Waals surface area contributed by atoms with Gasteiger partial charge in [-0.15, -0.1) is 12.4 Å². The molecular weight excluding hydrogens is 309 g/mol. The number of carbonyl (C=O) groups excluding carboxylic acids is 1. The van der Waals surface area contributed by atoms with Gasteiger partial charge in [0.25, 0.3) is 0 Å². The Bertz CT molecular complexity index is 330. The van der Waals surface area contributed by atoms with Crippen molar-refractivity contribution in [2.24, 2.45) is 5.92 Å². The Labute approximate surface area is 128 Å². The Morgan fingerprint density at radius 3 is 2.52 bits per heavy atom. The minimum atomic E-state index is -4.37. The van der Waals surface area contributed by atoms with Crippen molar-refractivity contribution in [2.75, 3.05) is 19.8 Å². The van der Waals surface area contributed by atoms with Crippen LogP contribution in [0.1, 0.15) is 32.1 Å². The number of halogens is 4. The van der Waals surface area contributed by atoms with Crippen LogP contribution >= 0.6 is 12.4 Å². The van der Waals surface area contributed by atoms with Crippen molar-refractivity contribution in [3.05, 3.63) is 0 Å². The lowest BCUT2D eigenvalue weighted by atomic mass is 9.97. The Morgan fingerprint density at radius 1 is 1.33 bits per heavy atom. The van der Waals surface area contributed by atoms with Crippen molar-refractivity contribution in [3.63, 3.8) is 0 Å². The Morgan fingerprint density at radius 2 is 2.00 bits per heavy atom. The van der Waals surface area contributed by atoms with E-state index in [1.54, 1.807) is 0 Å². The van der Waals surface area contributed by atoms with E-state index in [-0.39, 0.29) is 24.9 Å². The molecule has 1 aliphatic heterocycles. The summed E-state index contributed by atoms with van der Waals surface area (Å²) < 4.78 is 44.4. The van der Waals surface area contributed by atoms with Crippen LogP contribution in [0.25, 0.3) is 0 Å². The smallest absolute Gasteiger partial charge is 0.378 e. The molecule has 2 atom stereocenters. The molecule has 2 rings (SSSR count). The van der Waals surface area contributed by atoms with Gasteiger partial charge in [-0.3, -0.25) is 4.79 Å². The zero-order valence-corrected chi connectivity index (χ0v) is 12.6. The van der Waals surface area contributed by atoms with Crippen LogP contribution in [-0.4, -0.2) is 43.9 Å². The lowest BCUT2D eigenvalue weighted by molar-refractivity contribution is -0.172. The largest absolute Gasteiger partial charge is 0.408 e. The van der Waals surface area contributed by atoms with Crippen LogP contribution < -0.4 is 10.6 Å². The third-order valence-electron chi connectivity index (χ3n) is 3.97. The van der Waals surface area contributed by atoms with Gasteiger partial charge in [0.2, 0.25) is 5.91 Å². The minimum Gasteiger partial charge on any atom is -0.378 e. The summed E-state index contributed by atoms with van der Waals surface area (Å²) >= 11 is 0. The third kappa shape index (κ3) is 5.64. The molecule has 0 bridgehead atoms. The average Bonchev–Trinajstić information content (AvgIpc) is 2.89. The molecule has 0 spiro atoms. The highest BCUT2D eigenvalue weighted by Crippen LogP contribution is 2.35. The van der Waals surface area contributed by atoms with Crippen molar-refractivity contribution in [1.82, 2.24) is 10.6 Å². The highest BCUT2D eigenvalue weighted by molar-refractivity contribution is 5.85. The average molecular weight is 331 g/mol. The zero-order valence-electron chi connectivity index (χ0n) is 11.7. The molecule has 1 heterocycles. The first kappa shape index (κ1) is 18.5. The van der Waals surface area contributed by atoms with Gasteiger partial charge in [0.15, 0.2) is 0 Å². The van der Waals surface area contributed by atoms with E-state index in [9.17, 15) is 18.0 Å². The van der Waals surface area contributed by atoms with Crippen molar-refractivity contribution < 1.29 is 22.7 Å². The van der Waals surface area contributed by atoms with Gasteiger partial charge in [0.05, 0.1) is 13.2 Å². The first-order valence-corrected chi connectivity index (χ1v) is 7.14. The van der Waals surface area contributed by atoms with Crippen LogP contribution in [0.15, 0.2) is 0 Å². The topological polar surface area (TPSA) is 50.4 Å². The van der Waals surface area contributed by atoms with Crippen LogP contribution in [0.4, 0.5) is 13.2 Å². The maximum atomic E-state index is 13.1. The summed E-state index contributed by atoms with van der Waals surface area (Å²) in [5, 5.41) is 5.25. The molecule has 2 unspecified atom stereocenters. The lowest BCUT2D eigenvalue weighted by Crippen LogP contribution is -2.52. The van der Waals surface area contributed by atoms with E-state index < -0.39 is 24.0 Å². The van der Waals surface area contributed by atoms with E-state index in [4.69, 9.17) is 4.74 Å². The Hall–Kier alpha value is -0.530. The van der Waals surface area contributed by atoms with Gasteiger partial charge in [-0.1, -0.05) is 12.8 Å². The van der Waals surface area contributed by atoms with Crippen LogP contribution in [-0.2, 0) is 9.53 Å². The Kier molecular flexibility index (Phi) is 7.23. The van der Waals surface area contributed by atoms with Gasteiger partial charge in [-0.25, -0.2) is 0 Å². The summed E-state index contributed by atoms with van der Waals surface area (Å²) in [6, 6.07) is -1.90. The van der Waals surface area contributed by atoms with Crippen molar-refractivity contribution in [2.45, 2.75) is 50.4 Å². The van der Waals surface area contributed by atoms with Gasteiger partial charge < -0.3 is 15.4 Å². The highest BCUT2D eigenvalue weighted by atomic mass is 35.5. The zero-order chi connectivity index (χ0) is 14.6. The molecule has 21 heavy (non-hydrogen) atoms. The molecule has 1 amide bonds. The molecule has 2 N–H and O–H groups in total. The monoisotopic (exact) mass is 330 g/mol. The van der Waals surface area contributed by atoms with Gasteiger partial charge in [0, 0.05) is 19.0 Å². The first-order valence-electron chi connectivity index (χ1n) is 7.14. The highest BCUT2D eigenvalue weighted by Gasteiger charge is 2.46. The fraction of sp³-hybridized carbons (Fsp3) is 0.923. The molecule has 2 aliphatic rings. The van der Waals surface area contributed by atoms with Crippen LogP contribution in [0.3, 0.4) is 0 Å². The number of rotatable bonds is 4. The second-order valence-electron chi connectivity index (χ2n) is 5.56. The second kappa shape index (κ2) is 8.19. The summed E-state index contributed by atoms with van der Waals surface area (Å²) in [6.07, 6.45) is -1.65. The number of morpholine rings is 1. The van der Waals surface area contributed by atoms with Crippen LogP contribution in [0.2, 0.25) is 0 Å². The number of ether oxygens (including phenoxy) is 1. The third-order valence-corrected chi connectivity index (χ3v) is 3.97. The molecule has 1 aliphatic carbocycles. The fourth-order valence-electron chi connectivity index (χ4n) is 2.96. The van der Waals surface area contributed by atoms with Crippen molar-refractivity contribution >= 4 is 18.3 Å². The van der Waals surface area contributed by atoms with E-state index in [1.165, 1.54) is 0 Å². The number of hydrogen-bond acceptors (Lipinski definition) is 3. The van der Waals surface area contributed by atoms with Gasteiger partial charge in [-0.05, 0) is 18.8 Å². The van der Waals surface area contributed by atoms with Gasteiger partial charge in [0.1, 0.15) is 6.04 Å². The second-order valence-corrected chi connectivity index (χ2v) is 5.56. The summed E-state index contributed by atoms with van der Waals surface area (Å²) in [5.41, 5.74) is 0. The van der Waals surface area contributed by atoms with Crippen LogP contribution in [0.5, 0.6) is 0 Å². The first-order chi connectivity index (χ1) is 9.47. The fourth-order valence-corrected chi connectivity index (χ4v) is 2.96. The quantitative estimate of drug-likeness (QED) is 0.829. The molecule has 124 valence electrons. The molecular formula is C13H22ClF3N2O2. The molecule has 1 saturated carbocycles. The van der Waals surface area contributed by atoms with Crippen molar-refractivity contribution in [3.8, 4) is 0 Å². The van der Waals surface area contributed by atoms with Gasteiger partial charge >= 0.3 is 6.18 Å². The normalized spacial score (nSPS) is 25.2. The summed E-state index contributed by atoms with van der Waals surface area (Å²) in [5.74, 6) is -1.03. The number of hydrogen-bond donors (Lipinski definition) is 2. The van der Waals surface area contributed by atoms with Crippen LogP contribution in [0, 0.1) is 5.92 Å². The molecule has 0 aromatic heterocycles. The number of nitrogens with one attached hydrogen (secondary N) is 2. The van der Waals surface area contributed by atoms with E-state index in [0.29, 0.717) is 32.6 Å². The molecule has 2 fully saturated rings.